The van der Waals surface area contributed by atoms with Crippen LogP contribution in [0, 0.1) is 11.8 Å². The number of hydrogen-bond donors (Lipinski definition) is 2. The Labute approximate surface area is 157 Å². The van der Waals surface area contributed by atoms with Crippen LogP contribution in [0.25, 0.3) is 0 Å². The Balaban J connectivity index is 0.00000243. The zero-order valence-electron chi connectivity index (χ0n) is 14.4. The predicted octanol–water partition coefficient (Wildman–Crippen LogP) is 3.22. The number of piperazine rings is 1. The van der Waals surface area contributed by atoms with Crippen LogP contribution >= 0.6 is 12.4 Å². The molecule has 9 heteroatoms. The maximum absolute atomic E-state index is 12.9. The molecule has 2 unspecified atom stereocenters. The second kappa shape index (κ2) is 8.90. The second-order valence-corrected chi connectivity index (χ2v) is 6.73. The highest BCUT2D eigenvalue weighted by Crippen LogP contribution is 2.40. The highest BCUT2D eigenvalue weighted by Gasteiger charge is 2.43. The Bertz CT molecular complexity index is 591. The third kappa shape index (κ3) is 5.23. The Morgan fingerprint density at radius 3 is 2.58 bits per heavy atom. The SMILES string of the molecule is Cl.O=C(Nc1ccc(N2CCNCC2)cn1)C1CCCC(C(F)(F)F)C1. The van der Waals surface area contributed by atoms with E-state index in [0.29, 0.717) is 18.7 Å². The molecule has 1 aliphatic carbocycles. The van der Waals surface area contributed by atoms with Crippen molar-refractivity contribution < 1.29 is 18.0 Å². The van der Waals surface area contributed by atoms with Crippen molar-refractivity contribution in [2.75, 3.05) is 36.4 Å². The highest BCUT2D eigenvalue weighted by atomic mass is 35.5. The average molecular weight is 393 g/mol. The zero-order valence-corrected chi connectivity index (χ0v) is 15.2. The fourth-order valence-corrected chi connectivity index (χ4v) is 3.52. The Morgan fingerprint density at radius 2 is 1.96 bits per heavy atom. The van der Waals surface area contributed by atoms with E-state index in [-0.39, 0.29) is 31.2 Å². The monoisotopic (exact) mass is 392 g/mol. The molecule has 5 nitrogen and oxygen atoms in total. The van der Waals surface area contributed by atoms with Gasteiger partial charge in [-0.05, 0) is 31.4 Å². The molecule has 1 amide bonds. The normalized spacial score (nSPS) is 23.9. The van der Waals surface area contributed by atoms with Crippen LogP contribution in [0.3, 0.4) is 0 Å². The number of aromatic nitrogens is 1. The molecule has 0 aromatic carbocycles. The van der Waals surface area contributed by atoms with E-state index in [1.54, 1.807) is 12.3 Å². The van der Waals surface area contributed by atoms with Crippen molar-refractivity contribution in [1.29, 1.82) is 0 Å². The van der Waals surface area contributed by atoms with Gasteiger partial charge in [-0.2, -0.15) is 13.2 Å². The van der Waals surface area contributed by atoms with Crippen molar-refractivity contribution in [1.82, 2.24) is 10.3 Å². The van der Waals surface area contributed by atoms with Gasteiger partial charge in [0.2, 0.25) is 5.91 Å². The molecule has 1 aromatic heterocycles. The molecule has 1 saturated carbocycles. The van der Waals surface area contributed by atoms with E-state index in [1.807, 2.05) is 6.07 Å². The summed E-state index contributed by atoms with van der Waals surface area (Å²) < 4.78 is 38.6. The van der Waals surface area contributed by atoms with E-state index in [9.17, 15) is 18.0 Å². The number of anilines is 2. The van der Waals surface area contributed by atoms with Gasteiger partial charge in [-0.3, -0.25) is 4.79 Å². The summed E-state index contributed by atoms with van der Waals surface area (Å²) in [6.07, 6.45) is -1.61. The van der Waals surface area contributed by atoms with Crippen LogP contribution in [-0.2, 0) is 4.79 Å². The number of nitrogens with one attached hydrogen (secondary N) is 2. The largest absolute Gasteiger partial charge is 0.391 e. The van der Waals surface area contributed by atoms with Gasteiger partial charge in [0.15, 0.2) is 0 Å². The number of hydrogen-bond acceptors (Lipinski definition) is 4. The van der Waals surface area contributed by atoms with Gasteiger partial charge in [0.1, 0.15) is 5.82 Å². The summed E-state index contributed by atoms with van der Waals surface area (Å²) >= 11 is 0. The number of rotatable bonds is 3. The number of pyridine rings is 1. The highest BCUT2D eigenvalue weighted by molar-refractivity contribution is 5.91. The minimum absolute atomic E-state index is 0. The van der Waals surface area contributed by atoms with Gasteiger partial charge in [0.25, 0.3) is 0 Å². The summed E-state index contributed by atoms with van der Waals surface area (Å²) in [4.78, 5) is 18.7. The lowest BCUT2D eigenvalue weighted by atomic mass is 9.80. The van der Waals surface area contributed by atoms with Crippen molar-refractivity contribution >= 4 is 29.8 Å². The molecule has 26 heavy (non-hydrogen) atoms. The van der Waals surface area contributed by atoms with Gasteiger partial charge in [-0.1, -0.05) is 6.42 Å². The third-order valence-corrected chi connectivity index (χ3v) is 4.99. The number of carbonyl (C=O) groups excluding carboxylic acids is 1. The lowest BCUT2D eigenvalue weighted by Crippen LogP contribution is -2.43. The van der Waals surface area contributed by atoms with Crippen LogP contribution < -0.4 is 15.5 Å². The lowest BCUT2D eigenvalue weighted by Gasteiger charge is -2.30. The molecular formula is C17H24ClF3N4O. The fraction of sp³-hybridized carbons (Fsp3) is 0.647. The van der Waals surface area contributed by atoms with E-state index < -0.39 is 18.0 Å². The van der Waals surface area contributed by atoms with Crippen LogP contribution in [0.4, 0.5) is 24.7 Å². The standard InChI is InChI=1S/C17H23F3N4O.ClH/c18-17(19,20)13-3-1-2-12(10-13)16(25)23-15-5-4-14(11-22-15)24-8-6-21-7-9-24;/h4-5,11-13,21H,1-3,6-10H2,(H,22,23,25);1H. The molecule has 0 spiro atoms. The van der Waals surface area contributed by atoms with Crippen LogP contribution in [0.2, 0.25) is 0 Å². The maximum atomic E-state index is 12.9. The first-order valence-electron chi connectivity index (χ1n) is 8.73. The van der Waals surface area contributed by atoms with Crippen LogP contribution in [-0.4, -0.2) is 43.2 Å². The average Bonchev–Trinajstić information content (AvgIpc) is 2.62. The summed E-state index contributed by atoms with van der Waals surface area (Å²) in [5.41, 5.74) is 0.981. The summed E-state index contributed by atoms with van der Waals surface area (Å²) in [7, 11) is 0. The molecule has 0 radical (unpaired) electrons. The fourth-order valence-electron chi connectivity index (χ4n) is 3.52. The summed E-state index contributed by atoms with van der Waals surface area (Å²) in [5, 5.41) is 5.94. The van der Waals surface area contributed by atoms with Crippen molar-refractivity contribution in [2.45, 2.75) is 31.9 Å². The van der Waals surface area contributed by atoms with Crippen molar-refractivity contribution in [3.63, 3.8) is 0 Å². The van der Waals surface area contributed by atoms with Gasteiger partial charge in [0.05, 0.1) is 17.8 Å². The Morgan fingerprint density at radius 1 is 1.23 bits per heavy atom. The summed E-state index contributed by atoms with van der Waals surface area (Å²) in [5.74, 6) is -1.95. The smallest absolute Gasteiger partial charge is 0.368 e. The van der Waals surface area contributed by atoms with E-state index >= 15 is 0 Å². The van der Waals surface area contributed by atoms with E-state index in [2.05, 4.69) is 20.5 Å². The van der Waals surface area contributed by atoms with Gasteiger partial charge in [-0.25, -0.2) is 4.98 Å². The molecular weight excluding hydrogens is 369 g/mol. The summed E-state index contributed by atoms with van der Waals surface area (Å²) in [6.45, 7) is 3.63. The minimum Gasteiger partial charge on any atom is -0.368 e. The van der Waals surface area contributed by atoms with Gasteiger partial charge in [-0.15, -0.1) is 12.4 Å². The molecule has 2 aliphatic rings. The lowest BCUT2D eigenvalue weighted by molar-refractivity contribution is -0.185. The predicted molar refractivity (Wildman–Crippen MR) is 96.7 cm³/mol. The topological polar surface area (TPSA) is 57.3 Å². The second-order valence-electron chi connectivity index (χ2n) is 6.73. The number of halogens is 4. The Hall–Kier alpha value is -1.54. The van der Waals surface area contributed by atoms with E-state index in [1.165, 1.54) is 0 Å². The first kappa shape index (κ1) is 20.8. The van der Waals surface area contributed by atoms with Gasteiger partial charge in [0, 0.05) is 32.1 Å². The molecule has 2 fully saturated rings. The van der Waals surface area contributed by atoms with Crippen LogP contribution in [0.1, 0.15) is 25.7 Å². The number of alkyl halides is 3. The molecule has 2 atom stereocenters. The van der Waals surface area contributed by atoms with Crippen molar-refractivity contribution in [3.05, 3.63) is 18.3 Å². The number of carbonyl (C=O) groups is 1. The maximum Gasteiger partial charge on any atom is 0.391 e. The molecule has 0 bridgehead atoms. The third-order valence-electron chi connectivity index (χ3n) is 4.99. The van der Waals surface area contributed by atoms with Crippen molar-refractivity contribution in [3.8, 4) is 0 Å². The molecule has 2 N–H and O–H groups in total. The molecule has 1 aliphatic heterocycles. The first-order valence-corrected chi connectivity index (χ1v) is 8.73. The quantitative estimate of drug-likeness (QED) is 0.829. The van der Waals surface area contributed by atoms with E-state index in [0.717, 1.165) is 31.9 Å². The van der Waals surface area contributed by atoms with Crippen molar-refractivity contribution in [2.24, 2.45) is 11.8 Å². The zero-order chi connectivity index (χ0) is 17.9. The Kier molecular flexibility index (Phi) is 7.11. The van der Waals surface area contributed by atoms with Crippen LogP contribution in [0.5, 0.6) is 0 Å². The number of amides is 1. The van der Waals surface area contributed by atoms with Gasteiger partial charge >= 0.3 is 6.18 Å². The van der Waals surface area contributed by atoms with Gasteiger partial charge < -0.3 is 15.5 Å². The molecule has 3 rings (SSSR count). The minimum atomic E-state index is -4.22. The summed E-state index contributed by atoms with van der Waals surface area (Å²) in [6, 6.07) is 3.59. The molecule has 1 aromatic rings. The van der Waals surface area contributed by atoms with E-state index in [4.69, 9.17) is 0 Å². The molecule has 1 saturated heterocycles. The van der Waals surface area contributed by atoms with Crippen LogP contribution in [0.15, 0.2) is 18.3 Å². The molecule has 2 heterocycles. The molecule has 146 valence electrons. The first-order chi connectivity index (χ1) is 11.9. The number of nitrogens with zero attached hydrogens (tertiary/aromatic N) is 2.